The minimum absolute atomic E-state index is 0.0318. The van der Waals surface area contributed by atoms with E-state index in [1.807, 2.05) is 0 Å². The molecule has 11 heteroatoms. The normalized spacial score (nSPS) is 17.8. The number of rotatable bonds is 6. The number of thioether (sulfide) groups is 1. The second kappa shape index (κ2) is 9.60. The van der Waals surface area contributed by atoms with E-state index in [1.54, 1.807) is 48.5 Å². The Morgan fingerprint density at radius 2 is 1.66 bits per heavy atom. The molecule has 1 aliphatic rings. The number of nitrogens with zero attached hydrogens (tertiary/aromatic N) is 3. The van der Waals surface area contributed by atoms with Crippen LogP contribution < -0.4 is 4.90 Å². The molecule has 1 saturated heterocycles. The van der Waals surface area contributed by atoms with E-state index in [0.29, 0.717) is 31.3 Å². The van der Waals surface area contributed by atoms with Gasteiger partial charge in [0.15, 0.2) is 4.34 Å². The van der Waals surface area contributed by atoms with Gasteiger partial charge in [-0.15, -0.1) is 10.2 Å². The SMILES string of the molecule is O=C1C(=O)N(c2nnc(SCCO)s2)C(c2ccc(Cl)cc2)/C1=C(\O)c1ccc(Cl)cc1. The molecule has 4 rings (SSSR count). The largest absolute Gasteiger partial charge is 0.507 e. The van der Waals surface area contributed by atoms with Gasteiger partial charge in [0.1, 0.15) is 5.76 Å². The third-order valence-electron chi connectivity index (χ3n) is 4.67. The third-order valence-corrected chi connectivity index (χ3v) is 7.21. The molecule has 0 aliphatic carbocycles. The number of carbonyl (C=O) groups is 2. The zero-order chi connectivity index (χ0) is 22.8. The van der Waals surface area contributed by atoms with Crippen molar-refractivity contribution in [3.8, 4) is 0 Å². The van der Waals surface area contributed by atoms with Gasteiger partial charge in [0.25, 0.3) is 5.78 Å². The molecule has 32 heavy (non-hydrogen) atoms. The summed E-state index contributed by atoms with van der Waals surface area (Å²) in [7, 11) is 0. The first-order valence-corrected chi connectivity index (χ1v) is 11.9. The molecule has 1 aliphatic heterocycles. The maximum absolute atomic E-state index is 13.1. The first-order valence-electron chi connectivity index (χ1n) is 9.30. The molecule has 1 fully saturated rings. The van der Waals surface area contributed by atoms with Crippen molar-refractivity contribution >= 4 is 68.9 Å². The summed E-state index contributed by atoms with van der Waals surface area (Å²) in [4.78, 5) is 27.3. The Kier molecular flexibility index (Phi) is 6.82. The Labute approximate surface area is 201 Å². The van der Waals surface area contributed by atoms with E-state index in [0.717, 1.165) is 11.3 Å². The number of benzene rings is 2. The predicted molar refractivity (Wildman–Crippen MR) is 125 cm³/mol. The van der Waals surface area contributed by atoms with Crippen molar-refractivity contribution in [2.75, 3.05) is 17.3 Å². The van der Waals surface area contributed by atoms with Crippen molar-refractivity contribution in [2.45, 2.75) is 10.4 Å². The molecule has 1 aromatic heterocycles. The van der Waals surface area contributed by atoms with Gasteiger partial charge < -0.3 is 10.2 Å². The van der Waals surface area contributed by atoms with Gasteiger partial charge in [-0.2, -0.15) is 0 Å². The lowest BCUT2D eigenvalue weighted by Crippen LogP contribution is -2.29. The number of ketones is 1. The fraction of sp³-hybridized carbons (Fsp3) is 0.143. The van der Waals surface area contributed by atoms with Gasteiger partial charge in [-0.1, -0.05) is 58.4 Å². The summed E-state index contributed by atoms with van der Waals surface area (Å²) >= 11 is 14.4. The van der Waals surface area contributed by atoms with Crippen molar-refractivity contribution in [1.29, 1.82) is 0 Å². The number of anilines is 1. The van der Waals surface area contributed by atoms with Crippen LogP contribution in [0.1, 0.15) is 17.2 Å². The smallest absolute Gasteiger partial charge is 0.301 e. The first-order chi connectivity index (χ1) is 15.4. The summed E-state index contributed by atoms with van der Waals surface area (Å²) in [5.74, 6) is -1.56. The van der Waals surface area contributed by atoms with Crippen LogP contribution in [0.25, 0.3) is 5.76 Å². The van der Waals surface area contributed by atoms with Crippen LogP contribution in [-0.4, -0.2) is 44.5 Å². The van der Waals surface area contributed by atoms with Gasteiger partial charge in [0.05, 0.1) is 18.2 Å². The fourth-order valence-corrected chi connectivity index (χ4v) is 5.18. The number of amides is 1. The van der Waals surface area contributed by atoms with Crippen molar-refractivity contribution in [3.63, 3.8) is 0 Å². The number of halogens is 2. The van der Waals surface area contributed by atoms with Gasteiger partial charge in [0.2, 0.25) is 5.13 Å². The minimum Gasteiger partial charge on any atom is -0.507 e. The number of aromatic nitrogens is 2. The molecule has 0 spiro atoms. The molecule has 2 N–H and O–H groups in total. The Bertz CT molecular complexity index is 1200. The van der Waals surface area contributed by atoms with Crippen molar-refractivity contribution in [2.24, 2.45) is 0 Å². The molecule has 0 radical (unpaired) electrons. The number of aliphatic hydroxyl groups is 2. The molecule has 1 atom stereocenters. The number of aliphatic hydroxyl groups excluding tert-OH is 2. The highest BCUT2D eigenvalue weighted by atomic mass is 35.5. The lowest BCUT2D eigenvalue weighted by atomic mass is 9.95. The highest BCUT2D eigenvalue weighted by Crippen LogP contribution is 2.44. The topological polar surface area (TPSA) is 104 Å². The standard InChI is InChI=1S/C21H15Cl2N3O4S2/c22-13-5-1-11(2-6-13)16-15(17(28)12-3-7-14(23)8-4-12)18(29)19(30)26(16)20-24-25-21(32-20)31-10-9-27/h1-8,16,27-28H,9-10H2/b17-15+. The molecule has 2 heterocycles. The van der Waals surface area contributed by atoms with Gasteiger partial charge in [-0.05, 0) is 42.0 Å². The van der Waals surface area contributed by atoms with E-state index >= 15 is 0 Å². The van der Waals surface area contributed by atoms with Crippen LogP contribution in [0, 0.1) is 0 Å². The molecule has 164 valence electrons. The van der Waals surface area contributed by atoms with E-state index in [1.165, 1.54) is 16.7 Å². The van der Waals surface area contributed by atoms with Gasteiger partial charge in [0, 0.05) is 21.4 Å². The minimum atomic E-state index is -0.924. The summed E-state index contributed by atoms with van der Waals surface area (Å²) in [6, 6.07) is 12.0. The molecular weight excluding hydrogens is 493 g/mol. The van der Waals surface area contributed by atoms with E-state index in [9.17, 15) is 14.7 Å². The molecule has 2 aromatic carbocycles. The van der Waals surface area contributed by atoms with Crippen LogP contribution in [0.5, 0.6) is 0 Å². The van der Waals surface area contributed by atoms with Crippen LogP contribution in [0.15, 0.2) is 58.4 Å². The van der Waals surface area contributed by atoms with Gasteiger partial charge in [-0.3, -0.25) is 14.5 Å². The van der Waals surface area contributed by atoms with Crippen molar-refractivity contribution in [1.82, 2.24) is 10.2 Å². The lowest BCUT2D eigenvalue weighted by Gasteiger charge is -2.22. The first kappa shape index (κ1) is 22.8. The average Bonchev–Trinajstić information content (AvgIpc) is 3.35. The molecule has 0 saturated carbocycles. The zero-order valence-corrected chi connectivity index (χ0v) is 19.4. The van der Waals surface area contributed by atoms with Crippen molar-refractivity contribution in [3.05, 3.63) is 75.3 Å². The molecule has 0 bridgehead atoms. The summed E-state index contributed by atoms with van der Waals surface area (Å²) in [5.41, 5.74) is 0.853. The summed E-state index contributed by atoms with van der Waals surface area (Å²) in [6.07, 6.45) is 0. The van der Waals surface area contributed by atoms with Crippen LogP contribution in [0.2, 0.25) is 10.0 Å². The molecule has 1 unspecified atom stereocenters. The van der Waals surface area contributed by atoms with E-state index in [-0.39, 0.29) is 23.1 Å². The van der Waals surface area contributed by atoms with Crippen LogP contribution in [-0.2, 0) is 9.59 Å². The number of hydrogen-bond acceptors (Lipinski definition) is 8. The molecule has 7 nitrogen and oxygen atoms in total. The Morgan fingerprint density at radius 3 is 2.28 bits per heavy atom. The predicted octanol–water partition coefficient (Wildman–Crippen LogP) is 4.56. The van der Waals surface area contributed by atoms with E-state index < -0.39 is 17.7 Å². The number of carbonyl (C=O) groups excluding carboxylic acids is 2. The van der Waals surface area contributed by atoms with Crippen LogP contribution >= 0.6 is 46.3 Å². The van der Waals surface area contributed by atoms with Gasteiger partial charge in [-0.25, -0.2) is 0 Å². The molecular formula is C21H15Cl2N3O4S2. The fourth-order valence-electron chi connectivity index (χ4n) is 3.24. The Morgan fingerprint density at radius 1 is 1.03 bits per heavy atom. The lowest BCUT2D eigenvalue weighted by molar-refractivity contribution is -0.132. The van der Waals surface area contributed by atoms with Gasteiger partial charge >= 0.3 is 5.91 Å². The maximum atomic E-state index is 13.1. The maximum Gasteiger partial charge on any atom is 0.301 e. The molecule has 1 amide bonds. The zero-order valence-electron chi connectivity index (χ0n) is 16.2. The third kappa shape index (κ3) is 4.39. The summed E-state index contributed by atoms with van der Waals surface area (Å²) < 4.78 is 0.545. The molecule has 3 aromatic rings. The highest BCUT2D eigenvalue weighted by Gasteiger charge is 2.48. The van der Waals surface area contributed by atoms with Crippen LogP contribution in [0.4, 0.5) is 5.13 Å². The highest BCUT2D eigenvalue weighted by molar-refractivity contribution is 8.01. The summed E-state index contributed by atoms with van der Waals surface area (Å²) in [6.45, 7) is -0.0318. The second-order valence-electron chi connectivity index (χ2n) is 6.65. The Hall–Kier alpha value is -2.43. The van der Waals surface area contributed by atoms with E-state index in [4.69, 9.17) is 28.3 Å². The Balaban J connectivity index is 1.86. The average molecular weight is 508 g/mol. The number of hydrogen-bond donors (Lipinski definition) is 2. The quantitative estimate of drug-likeness (QED) is 0.166. The monoisotopic (exact) mass is 507 g/mol. The summed E-state index contributed by atoms with van der Waals surface area (Å²) in [5, 5.41) is 29.3. The number of Topliss-reactive ketones (excluding diaryl/α,β-unsaturated/α-hetero) is 1. The van der Waals surface area contributed by atoms with Crippen molar-refractivity contribution < 1.29 is 19.8 Å². The van der Waals surface area contributed by atoms with E-state index in [2.05, 4.69) is 10.2 Å². The van der Waals surface area contributed by atoms with Crippen LogP contribution in [0.3, 0.4) is 0 Å². The second-order valence-corrected chi connectivity index (χ2v) is 9.82.